The van der Waals surface area contributed by atoms with E-state index in [0.29, 0.717) is 30.9 Å². The van der Waals surface area contributed by atoms with Gasteiger partial charge in [0.15, 0.2) is 11.5 Å². The molecule has 0 radical (unpaired) electrons. The van der Waals surface area contributed by atoms with Gasteiger partial charge in [-0.1, -0.05) is 36.4 Å². The molecule has 2 rings (SSSR count). The first-order chi connectivity index (χ1) is 11.3. The zero-order valence-corrected chi connectivity index (χ0v) is 13.2. The van der Waals surface area contributed by atoms with Crippen LogP contribution in [0.3, 0.4) is 0 Å². The van der Waals surface area contributed by atoms with Crippen molar-refractivity contribution in [2.24, 2.45) is 5.92 Å². The molecule has 0 spiro atoms. The summed E-state index contributed by atoms with van der Waals surface area (Å²) in [5.74, 6) is 1.29. The van der Waals surface area contributed by atoms with Gasteiger partial charge in [-0.05, 0) is 35.6 Å². The van der Waals surface area contributed by atoms with Crippen molar-refractivity contribution >= 4 is 0 Å². The maximum atomic E-state index is 9.30. The largest absolute Gasteiger partial charge is 0.493 e. The van der Waals surface area contributed by atoms with Gasteiger partial charge in [-0.25, -0.2) is 0 Å². The quantitative estimate of drug-likeness (QED) is 0.759. The van der Waals surface area contributed by atoms with Crippen molar-refractivity contribution in [3.63, 3.8) is 0 Å². The monoisotopic (exact) mass is 312 g/mol. The summed E-state index contributed by atoms with van der Waals surface area (Å²) in [6.07, 6.45) is 0.977. The Morgan fingerprint density at radius 3 is 2.52 bits per heavy atom. The third-order valence-corrected chi connectivity index (χ3v) is 3.63. The second-order valence-electron chi connectivity index (χ2n) is 5.37. The number of aliphatic hydroxyl groups excluding tert-OH is 1. The zero-order valence-electron chi connectivity index (χ0n) is 13.2. The number of hydrogen-bond acceptors (Lipinski definition) is 4. The molecule has 1 N–H and O–H groups in total. The van der Waals surface area contributed by atoms with E-state index >= 15 is 0 Å². The van der Waals surface area contributed by atoms with Gasteiger partial charge in [0.25, 0.3) is 0 Å². The molecule has 1 atom stereocenters. The van der Waals surface area contributed by atoms with Crippen LogP contribution in [0, 0.1) is 17.2 Å². The Balaban J connectivity index is 2.05. The van der Waals surface area contributed by atoms with Gasteiger partial charge in [0.1, 0.15) is 6.61 Å². The average Bonchev–Trinajstić information content (AvgIpc) is 2.60. The third kappa shape index (κ3) is 5.01. The first-order valence-corrected chi connectivity index (χ1v) is 7.58. The Morgan fingerprint density at radius 1 is 1.09 bits per heavy atom. The van der Waals surface area contributed by atoms with E-state index in [1.807, 2.05) is 48.5 Å². The van der Waals surface area contributed by atoms with Crippen LogP contribution in [0.15, 0.2) is 48.5 Å². The van der Waals surface area contributed by atoms with Crippen molar-refractivity contribution < 1.29 is 14.6 Å². The maximum Gasteiger partial charge on any atom is 0.161 e. The summed E-state index contributed by atoms with van der Waals surface area (Å²) in [6, 6.07) is 17.8. The van der Waals surface area contributed by atoms with E-state index in [0.717, 1.165) is 11.1 Å². The van der Waals surface area contributed by atoms with Gasteiger partial charge in [0.2, 0.25) is 0 Å². The summed E-state index contributed by atoms with van der Waals surface area (Å²) in [6.45, 7) is 0.479. The van der Waals surface area contributed by atoms with Crippen LogP contribution in [-0.4, -0.2) is 18.8 Å². The van der Waals surface area contributed by atoms with Crippen LogP contribution in [0.2, 0.25) is 0 Å². The Kier molecular flexibility index (Phi) is 6.46. The number of methoxy groups -OCH3 is 1. The summed E-state index contributed by atoms with van der Waals surface area (Å²) in [4.78, 5) is 0. The standard InChI is InChI=1S/C19H21NO3/c1-22-19-12-16(11-17(13-21)9-10-20)7-8-18(19)23-14-15-5-3-2-4-6-15/h2-8,12,17,21H,9,11,13-14H2,1H3/i1+1. The van der Waals surface area contributed by atoms with Gasteiger partial charge in [0, 0.05) is 13.0 Å². The Bertz CT molecular complexity index is 649. The van der Waals surface area contributed by atoms with E-state index < -0.39 is 0 Å². The molecular formula is C19H21NO3. The second kappa shape index (κ2) is 8.82. The number of rotatable bonds is 8. The van der Waals surface area contributed by atoms with E-state index in [2.05, 4.69) is 6.07 Å². The summed E-state index contributed by atoms with van der Waals surface area (Å²) in [5.41, 5.74) is 2.11. The van der Waals surface area contributed by atoms with Crippen LogP contribution in [-0.2, 0) is 13.0 Å². The molecule has 0 aliphatic heterocycles. The lowest BCUT2D eigenvalue weighted by Gasteiger charge is -2.14. The van der Waals surface area contributed by atoms with Crippen molar-refractivity contribution in [1.82, 2.24) is 0 Å². The minimum Gasteiger partial charge on any atom is -0.493 e. The molecule has 0 amide bonds. The predicted molar refractivity (Wildman–Crippen MR) is 88.3 cm³/mol. The van der Waals surface area contributed by atoms with Gasteiger partial charge < -0.3 is 14.6 Å². The lowest BCUT2D eigenvalue weighted by Crippen LogP contribution is -2.09. The summed E-state index contributed by atoms with van der Waals surface area (Å²) < 4.78 is 11.2. The molecule has 0 aliphatic carbocycles. The molecule has 120 valence electrons. The topological polar surface area (TPSA) is 62.5 Å². The number of ether oxygens (including phenoxy) is 2. The SMILES string of the molecule is [13CH3]Oc1cc(CC(CO)CC#N)ccc1OCc1ccccc1. The summed E-state index contributed by atoms with van der Waals surface area (Å²) in [7, 11) is 1.60. The number of nitriles is 1. The lowest BCUT2D eigenvalue weighted by atomic mass is 9.97. The van der Waals surface area contributed by atoms with E-state index in [4.69, 9.17) is 14.7 Å². The van der Waals surface area contributed by atoms with Gasteiger partial charge in [-0.3, -0.25) is 0 Å². The molecule has 0 bridgehead atoms. The molecule has 0 aromatic heterocycles. The van der Waals surface area contributed by atoms with Crippen LogP contribution in [0.25, 0.3) is 0 Å². The minimum atomic E-state index is -0.0548. The zero-order chi connectivity index (χ0) is 16.5. The Morgan fingerprint density at radius 2 is 1.87 bits per heavy atom. The van der Waals surface area contributed by atoms with E-state index in [1.54, 1.807) is 7.11 Å². The molecular weight excluding hydrogens is 291 g/mol. The lowest BCUT2D eigenvalue weighted by molar-refractivity contribution is 0.228. The molecule has 0 heterocycles. The maximum absolute atomic E-state index is 9.30. The van der Waals surface area contributed by atoms with Crippen LogP contribution < -0.4 is 9.47 Å². The van der Waals surface area contributed by atoms with Gasteiger partial charge in [-0.15, -0.1) is 0 Å². The van der Waals surface area contributed by atoms with E-state index in [9.17, 15) is 5.11 Å². The highest BCUT2D eigenvalue weighted by atomic mass is 16.5. The van der Waals surface area contributed by atoms with Crippen molar-refractivity contribution in [3.8, 4) is 17.6 Å². The van der Waals surface area contributed by atoms with Crippen LogP contribution in [0.5, 0.6) is 11.5 Å². The average molecular weight is 312 g/mol. The molecule has 4 heteroatoms. The fourth-order valence-electron chi connectivity index (χ4n) is 2.36. The normalized spacial score (nSPS) is 11.5. The van der Waals surface area contributed by atoms with Crippen LogP contribution in [0.4, 0.5) is 0 Å². The molecule has 2 aromatic carbocycles. The van der Waals surface area contributed by atoms with Gasteiger partial charge >= 0.3 is 0 Å². The first kappa shape index (κ1) is 16.9. The number of nitrogens with zero attached hydrogens (tertiary/aromatic N) is 1. The number of hydrogen-bond donors (Lipinski definition) is 1. The molecule has 23 heavy (non-hydrogen) atoms. The second-order valence-corrected chi connectivity index (χ2v) is 5.37. The smallest absolute Gasteiger partial charge is 0.161 e. The van der Waals surface area contributed by atoms with Gasteiger partial charge in [0.05, 0.1) is 13.2 Å². The molecule has 1 unspecified atom stereocenters. The van der Waals surface area contributed by atoms with Crippen molar-refractivity contribution in [3.05, 3.63) is 59.7 Å². The van der Waals surface area contributed by atoms with Crippen LogP contribution in [0.1, 0.15) is 17.5 Å². The van der Waals surface area contributed by atoms with Gasteiger partial charge in [-0.2, -0.15) is 5.26 Å². The molecule has 0 fully saturated rings. The van der Waals surface area contributed by atoms with Crippen LogP contribution >= 0.6 is 0 Å². The highest BCUT2D eigenvalue weighted by Crippen LogP contribution is 2.30. The van der Waals surface area contributed by atoms with Crippen molar-refractivity contribution in [2.45, 2.75) is 19.4 Å². The molecule has 0 saturated carbocycles. The minimum absolute atomic E-state index is 0.00212. The fourth-order valence-corrected chi connectivity index (χ4v) is 2.36. The number of aliphatic hydroxyl groups is 1. The Hall–Kier alpha value is -2.51. The van der Waals surface area contributed by atoms with E-state index in [1.165, 1.54) is 0 Å². The molecule has 4 nitrogen and oxygen atoms in total. The third-order valence-electron chi connectivity index (χ3n) is 3.63. The molecule has 2 aromatic rings. The first-order valence-electron chi connectivity index (χ1n) is 7.58. The van der Waals surface area contributed by atoms with E-state index in [-0.39, 0.29) is 12.5 Å². The van der Waals surface area contributed by atoms with Crippen molar-refractivity contribution in [1.29, 1.82) is 5.26 Å². The predicted octanol–water partition coefficient (Wildman–Crippen LogP) is 3.34. The molecule has 0 aliphatic rings. The molecule has 0 saturated heterocycles. The summed E-state index contributed by atoms with van der Waals surface area (Å²) >= 11 is 0. The fraction of sp³-hybridized carbons (Fsp3) is 0.316. The summed E-state index contributed by atoms with van der Waals surface area (Å²) in [5, 5.41) is 18.1. The highest BCUT2D eigenvalue weighted by molar-refractivity contribution is 5.43. The Labute approximate surface area is 136 Å². The van der Waals surface area contributed by atoms with Crippen molar-refractivity contribution in [2.75, 3.05) is 13.7 Å². The number of benzene rings is 2. The highest BCUT2D eigenvalue weighted by Gasteiger charge is 2.11.